The Morgan fingerprint density at radius 2 is 1.79 bits per heavy atom. The average molecular weight is 271 g/mol. The highest BCUT2D eigenvalue weighted by Crippen LogP contribution is 2.15. The zero-order valence-corrected chi connectivity index (χ0v) is 11.2. The molecule has 0 radical (unpaired) electrons. The third kappa shape index (κ3) is 5.24. The average Bonchev–Trinajstić information content (AvgIpc) is 2.35. The number of carbonyl (C=O) groups excluding carboxylic acids is 1. The van der Waals surface area contributed by atoms with E-state index in [9.17, 15) is 13.6 Å². The van der Waals surface area contributed by atoms with Gasteiger partial charge in [-0.1, -0.05) is 13.8 Å². The van der Waals surface area contributed by atoms with E-state index in [-0.39, 0.29) is 24.2 Å². The molecule has 0 heterocycles. The van der Waals surface area contributed by atoms with E-state index in [1.54, 1.807) is 0 Å². The molecule has 0 aliphatic heterocycles. The van der Waals surface area contributed by atoms with Gasteiger partial charge in [0.2, 0.25) is 5.91 Å². The molecule has 0 aliphatic rings. The smallest absolute Gasteiger partial charge is 0.223 e. The summed E-state index contributed by atoms with van der Waals surface area (Å²) in [6.07, 6.45) is 1.58. The second-order valence-electron chi connectivity index (χ2n) is 4.26. The van der Waals surface area contributed by atoms with Crippen LogP contribution in [-0.4, -0.2) is 19.1 Å². The summed E-state index contributed by atoms with van der Waals surface area (Å²) >= 11 is 0. The molecule has 106 valence electrons. The van der Waals surface area contributed by atoms with Crippen LogP contribution in [-0.2, 0) is 4.79 Å². The number of amides is 1. The van der Waals surface area contributed by atoms with Gasteiger partial charge in [-0.2, -0.15) is 0 Å². The fourth-order valence-corrected chi connectivity index (χ4v) is 1.76. The zero-order valence-electron chi connectivity index (χ0n) is 11.2. The summed E-state index contributed by atoms with van der Waals surface area (Å²) in [6, 6.07) is 2.99. The summed E-state index contributed by atoms with van der Waals surface area (Å²) < 4.78 is 30.9. The first-order valence-electron chi connectivity index (χ1n) is 6.43. The fourth-order valence-electron chi connectivity index (χ4n) is 1.76. The minimum atomic E-state index is -0.684. The minimum Gasteiger partial charge on any atom is -0.492 e. The molecule has 0 unspecified atom stereocenters. The number of benzene rings is 1. The van der Waals surface area contributed by atoms with Crippen molar-refractivity contribution in [3.63, 3.8) is 0 Å². The molecule has 1 aromatic rings. The summed E-state index contributed by atoms with van der Waals surface area (Å²) in [7, 11) is 0. The van der Waals surface area contributed by atoms with Gasteiger partial charge in [-0.05, 0) is 12.8 Å². The molecule has 0 fully saturated rings. The third-order valence-electron chi connectivity index (χ3n) is 2.86. The first-order valence-corrected chi connectivity index (χ1v) is 6.43. The Kier molecular flexibility index (Phi) is 6.25. The highest BCUT2D eigenvalue weighted by molar-refractivity contribution is 5.78. The first-order chi connectivity index (χ1) is 9.06. The van der Waals surface area contributed by atoms with Crippen LogP contribution in [0.4, 0.5) is 8.78 Å². The maximum atomic E-state index is 12.9. The molecule has 0 spiro atoms. The minimum absolute atomic E-state index is 0.00612. The molecule has 1 rings (SSSR count). The van der Waals surface area contributed by atoms with Crippen LogP contribution in [0.3, 0.4) is 0 Å². The van der Waals surface area contributed by atoms with E-state index in [1.165, 1.54) is 0 Å². The number of hydrogen-bond acceptors (Lipinski definition) is 2. The van der Waals surface area contributed by atoms with E-state index in [2.05, 4.69) is 5.32 Å². The van der Waals surface area contributed by atoms with Crippen molar-refractivity contribution >= 4 is 5.91 Å². The van der Waals surface area contributed by atoms with Crippen molar-refractivity contribution in [1.29, 1.82) is 0 Å². The van der Waals surface area contributed by atoms with Crippen molar-refractivity contribution in [2.24, 2.45) is 5.92 Å². The molecule has 19 heavy (non-hydrogen) atoms. The third-order valence-corrected chi connectivity index (χ3v) is 2.86. The lowest BCUT2D eigenvalue weighted by Crippen LogP contribution is -2.33. The van der Waals surface area contributed by atoms with E-state index >= 15 is 0 Å². The van der Waals surface area contributed by atoms with Crippen LogP contribution in [0.5, 0.6) is 5.75 Å². The number of carbonyl (C=O) groups is 1. The van der Waals surface area contributed by atoms with Gasteiger partial charge >= 0.3 is 0 Å². The number of rotatable bonds is 7. The fraction of sp³-hybridized carbons (Fsp3) is 0.500. The Hall–Kier alpha value is -1.65. The highest BCUT2D eigenvalue weighted by atomic mass is 19.1. The molecule has 0 atom stereocenters. The number of nitrogens with one attached hydrogen (secondary N) is 1. The standard InChI is InChI=1S/C14H19F2NO2/c1-3-10(4-2)14(18)17-5-6-19-13-8-11(15)7-12(16)9-13/h7-10H,3-6H2,1-2H3,(H,17,18). The van der Waals surface area contributed by atoms with E-state index in [1.807, 2.05) is 13.8 Å². The molecule has 0 saturated carbocycles. The van der Waals surface area contributed by atoms with E-state index in [4.69, 9.17) is 4.74 Å². The van der Waals surface area contributed by atoms with Crippen molar-refractivity contribution in [1.82, 2.24) is 5.32 Å². The Morgan fingerprint density at radius 3 is 2.32 bits per heavy atom. The number of ether oxygens (including phenoxy) is 1. The van der Waals surface area contributed by atoms with Crippen molar-refractivity contribution < 1.29 is 18.3 Å². The lowest BCUT2D eigenvalue weighted by Gasteiger charge is -2.13. The lowest BCUT2D eigenvalue weighted by atomic mass is 10.0. The van der Waals surface area contributed by atoms with Gasteiger partial charge < -0.3 is 10.1 Å². The SMILES string of the molecule is CCC(CC)C(=O)NCCOc1cc(F)cc(F)c1. The molecular weight excluding hydrogens is 252 g/mol. The topological polar surface area (TPSA) is 38.3 Å². The molecule has 1 amide bonds. The van der Waals surface area contributed by atoms with Crippen LogP contribution in [0.2, 0.25) is 0 Å². The van der Waals surface area contributed by atoms with Crippen molar-refractivity contribution in [3.8, 4) is 5.75 Å². The van der Waals surface area contributed by atoms with Crippen LogP contribution in [0.15, 0.2) is 18.2 Å². The van der Waals surface area contributed by atoms with E-state index in [0.717, 1.165) is 31.0 Å². The van der Waals surface area contributed by atoms with Gasteiger partial charge in [-0.15, -0.1) is 0 Å². The molecule has 3 nitrogen and oxygen atoms in total. The molecule has 0 aromatic heterocycles. The summed E-state index contributed by atoms with van der Waals surface area (Å²) in [4.78, 5) is 11.6. The maximum absolute atomic E-state index is 12.9. The van der Waals surface area contributed by atoms with Crippen molar-refractivity contribution in [2.75, 3.05) is 13.2 Å². The van der Waals surface area contributed by atoms with Crippen molar-refractivity contribution in [3.05, 3.63) is 29.8 Å². The summed E-state index contributed by atoms with van der Waals surface area (Å²) in [5.74, 6) is -1.26. The van der Waals surface area contributed by atoms with Gasteiger partial charge in [0, 0.05) is 24.1 Å². The van der Waals surface area contributed by atoms with E-state index < -0.39 is 11.6 Å². The Bertz CT molecular complexity index is 400. The first kappa shape index (κ1) is 15.4. The monoisotopic (exact) mass is 271 g/mol. The maximum Gasteiger partial charge on any atom is 0.223 e. The zero-order chi connectivity index (χ0) is 14.3. The number of hydrogen-bond donors (Lipinski definition) is 1. The Labute approximate surface area is 112 Å². The summed E-state index contributed by atoms with van der Waals surface area (Å²) in [5, 5.41) is 2.73. The normalized spacial score (nSPS) is 10.6. The van der Waals surface area contributed by atoms with Gasteiger partial charge in [-0.3, -0.25) is 4.79 Å². The van der Waals surface area contributed by atoms with Crippen LogP contribution >= 0.6 is 0 Å². The van der Waals surface area contributed by atoms with Gasteiger partial charge in [0.05, 0.1) is 6.54 Å². The van der Waals surface area contributed by atoms with Crippen LogP contribution < -0.4 is 10.1 Å². The van der Waals surface area contributed by atoms with Gasteiger partial charge in [0.15, 0.2) is 0 Å². The Morgan fingerprint density at radius 1 is 1.21 bits per heavy atom. The quantitative estimate of drug-likeness (QED) is 0.774. The molecule has 1 N–H and O–H groups in total. The largest absolute Gasteiger partial charge is 0.492 e. The molecule has 0 aliphatic carbocycles. The predicted molar refractivity (Wildman–Crippen MR) is 68.9 cm³/mol. The second-order valence-corrected chi connectivity index (χ2v) is 4.26. The lowest BCUT2D eigenvalue weighted by molar-refractivity contribution is -0.125. The molecule has 5 heteroatoms. The summed E-state index contributed by atoms with van der Waals surface area (Å²) in [5.41, 5.74) is 0. The second kappa shape index (κ2) is 7.71. The van der Waals surface area contributed by atoms with Gasteiger partial charge in [-0.25, -0.2) is 8.78 Å². The van der Waals surface area contributed by atoms with Gasteiger partial charge in [0.25, 0.3) is 0 Å². The molecule has 1 aromatic carbocycles. The summed E-state index contributed by atoms with van der Waals surface area (Å²) in [6.45, 7) is 4.40. The van der Waals surface area contributed by atoms with Crippen LogP contribution in [0, 0.1) is 17.6 Å². The van der Waals surface area contributed by atoms with Gasteiger partial charge in [0.1, 0.15) is 24.0 Å². The van der Waals surface area contributed by atoms with Crippen LogP contribution in [0.1, 0.15) is 26.7 Å². The molecule has 0 saturated heterocycles. The number of halogens is 2. The van der Waals surface area contributed by atoms with Crippen molar-refractivity contribution in [2.45, 2.75) is 26.7 Å². The molecule has 0 bridgehead atoms. The van der Waals surface area contributed by atoms with E-state index in [0.29, 0.717) is 6.54 Å². The highest BCUT2D eigenvalue weighted by Gasteiger charge is 2.12. The molecular formula is C14H19F2NO2. The Balaban J connectivity index is 2.32. The predicted octanol–water partition coefficient (Wildman–Crippen LogP) is 2.90. The van der Waals surface area contributed by atoms with Crippen LogP contribution in [0.25, 0.3) is 0 Å².